The van der Waals surface area contributed by atoms with E-state index in [4.69, 9.17) is 9.47 Å². The van der Waals surface area contributed by atoms with Gasteiger partial charge in [-0.3, -0.25) is 0 Å². The molecule has 2 aliphatic heterocycles. The summed E-state index contributed by atoms with van der Waals surface area (Å²) in [5.41, 5.74) is 0.649. The lowest BCUT2D eigenvalue weighted by molar-refractivity contribution is 0.151. The first-order valence-corrected chi connectivity index (χ1v) is 11.0. The molecule has 1 aromatic carbocycles. The van der Waals surface area contributed by atoms with Crippen LogP contribution in [0.1, 0.15) is 25.7 Å². The van der Waals surface area contributed by atoms with E-state index in [1.807, 2.05) is 34.9 Å². The van der Waals surface area contributed by atoms with E-state index in [1.54, 1.807) is 14.2 Å². The predicted octanol–water partition coefficient (Wildman–Crippen LogP) is 3.53. The van der Waals surface area contributed by atoms with Crippen LogP contribution in [0.15, 0.2) is 18.2 Å². The maximum absolute atomic E-state index is 13.1. The highest BCUT2D eigenvalue weighted by atomic mass is 32.2. The zero-order valence-electron chi connectivity index (χ0n) is 16.4. The molecule has 1 aromatic rings. The van der Waals surface area contributed by atoms with Gasteiger partial charge in [0.05, 0.1) is 25.9 Å². The number of para-hydroxylation sites is 1. The number of methoxy groups -OCH3 is 2. The third-order valence-electron chi connectivity index (χ3n) is 5.26. The molecule has 0 bridgehead atoms. The molecule has 150 valence electrons. The maximum atomic E-state index is 13.1. The summed E-state index contributed by atoms with van der Waals surface area (Å²) in [4.78, 5) is 17.7. The van der Waals surface area contributed by atoms with E-state index >= 15 is 0 Å². The number of anilines is 1. The van der Waals surface area contributed by atoms with Crippen LogP contribution in [-0.2, 0) is 0 Å². The number of thioether (sulfide) groups is 1. The number of hydrogen-bond acceptors (Lipinski definition) is 5. The molecule has 1 N–H and O–H groups in total. The number of carbonyl (C=O) groups excluding carboxylic acids is 1. The summed E-state index contributed by atoms with van der Waals surface area (Å²) < 4.78 is 10.8. The SMILES string of the molecule is COc1cccc(NC(=O)N2CCCSC[C@@H]2CN2CCCCC2)c1OC. The number of rotatable bonds is 5. The lowest BCUT2D eigenvalue weighted by Crippen LogP contribution is -2.50. The number of benzene rings is 1. The molecule has 2 heterocycles. The molecule has 2 saturated heterocycles. The summed E-state index contributed by atoms with van der Waals surface area (Å²) in [6, 6.07) is 5.74. The normalized spacial score (nSPS) is 21.4. The third-order valence-corrected chi connectivity index (χ3v) is 6.46. The summed E-state index contributed by atoms with van der Waals surface area (Å²) in [7, 11) is 3.19. The monoisotopic (exact) mass is 393 g/mol. The average molecular weight is 394 g/mol. The molecular formula is C20H31N3O3S. The molecular weight excluding hydrogens is 362 g/mol. The molecule has 6 nitrogen and oxygen atoms in total. The first kappa shape index (κ1) is 20.1. The number of nitrogens with zero attached hydrogens (tertiary/aromatic N) is 2. The zero-order chi connectivity index (χ0) is 19.1. The van der Waals surface area contributed by atoms with Crippen LogP contribution in [0.2, 0.25) is 0 Å². The van der Waals surface area contributed by atoms with Crippen LogP contribution >= 0.6 is 11.8 Å². The summed E-state index contributed by atoms with van der Waals surface area (Å²) in [5.74, 6) is 3.29. The topological polar surface area (TPSA) is 54.0 Å². The molecule has 3 rings (SSSR count). The molecule has 1 atom stereocenters. The van der Waals surface area contributed by atoms with Crippen molar-refractivity contribution in [3.63, 3.8) is 0 Å². The maximum Gasteiger partial charge on any atom is 0.322 e. The Balaban J connectivity index is 1.72. The van der Waals surface area contributed by atoms with Crippen molar-refractivity contribution in [1.29, 1.82) is 0 Å². The van der Waals surface area contributed by atoms with E-state index in [2.05, 4.69) is 10.2 Å². The van der Waals surface area contributed by atoms with Gasteiger partial charge >= 0.3 is 6.03 Å². The third kappa shape index (κ3) is 5.23. The molecule has 0 saturated carbocycles. The fourth-order valence-corrected chi connectivity index (χ4v) is 4.92. The van der Waals surface area contributed by atoms with Gasteiger partial charge in [-0.25, -0.2) is 4.79 Å². The van der Waals surface area contributed by atoms with E-state index in [0.717, 1.165) is 44.1 Å². The van der Waals surface area contributed by atoms with Crippen LogP contribution in [0.3, 0.4) is 0 Å². The van der Waals surface area contributed by atoms with Crippen molar-refractivity contribution in [2.45, 2.75) is 31.7 Å². The second kappa shape index (κ2) is 10.1. The largest absolute Gasteiger partial charge is 0.493 e. The van der Waals surface area contributed by atoms with Crippen LogP contribution < -0.4 is 14.8 Å². The number of piperidine rings is 1. The average Bonchev–Trinajstić information content (AvgIpc) is 2.94. The van der Waals surface area contributed by atoms with Crippen LogP contribution in [0.5, 0.6) is 11.5 Å². The van der Waals surface area contributed by atoms with Gasteiger partial charge in [-0.2, -0.15) is 11.8 Å². The Labute approximate surface area is 166 Å². The van der Waals surface area contributed by atoms with Crippen molar-refractivity contribution < 1.29 is 14.3 Å². The van der Waals surface area contributed by atoms with Crippen molar-refractivity contribution in [2.24, 2.45) is 0 Å². The summed E-state index contributed by atoms with van der Waals surface area (Å²) in [6.07, 6.45) is 4.90. The molecule has 2 amide bonds. The summed E-state index contributed by atoms with van der Waals surface area (Å²) in [5, 5.41) is 3.06. The number of likely N-dealkylation sites (tertiary alicyclic amines) is 1. The van der Waals surface area contributed by atoms with Gasteiger partial charge in [0.15, 0.2) is 11.5 Å². The van der Waals surface area contributed by atoms with Crippen molar-refractivity contribution in [3.05, 3.63) is 18.2 Å². The Kier molecular flexibility index (Phi) is 7.52. The Bertz CT molecular complexity index is 622. The molecule has 0 unspecified atom stereocenters. The molecule has 0 aliphatic carbocycles. The van der Waals surface area contributed by atoms with Crippen LogP contribution in [0, 0.1) is 0 Å². The van der Waals surface area contributed by atoms with E-state index in [-0.39, 0.29) is 12.1 Å². The molecule has 7 heteroatoms. The van der Waals surface area contributed by atoms with Crippen LogP contribution in [0.25, 0.3) is 0 Å². The molecule has 0 spiro atoms. The van der Waals surface area contributed by atoms with Gasteiger partial charge in [0.2, 0.25) is 0 Å². The Morgan fingerprint density at radius 3 is 2.70 bits per heavy atom. The highest BCUT2D eigenvalue weighted by Gasteiger charge is 2.28. The van der Waals surface area contributed by atoms with Gasteiger partial charge in [-0.1, -0.05) is 12.5 Å². The van der Waals surface area contributed by atoms with E-state index in [0.29, 0.717) is 17.2 Å². The summed E-state index contributed by atoms with van der Waals surface area (Å²) in [6.45, 7) is 4.07. The molecule has 2 aliphatic rings. The molecule has 0 aromatic heterocycles. The number of amides is 2. The minimum Gasteiger partial charge on any atom is -0.493 e. The number of ether oxygens (including phenoxy) is 2. The van der Waals surface area contributed by atoms with Gasteiger partial charge in [0.25, 0.3) is 0 Å². The number of urea groups is 1. The first-order chi connectivity index (χ1) is 13.2. The van der Waals surface area contributed by atoms with Crippen molar-refractivity contribution in [1.82, 2.24) is 9.80 Å². The summed E-state index contributed by atoms with van der Waals surface area (Å²) >= 11 is 1.96. The number of hydrogen-bond donors (Lipinski definition) is 1. The quantitative estimate of drug-likeness (QED) is 0.829. The number of nitrogens with one attached hydrogen (secondary N) is 1. The highest BCUT2D eigenvalue weighted by molar-refractivity contribution is 7.99. The van der Waals surface area contributed by atoms with Crippen molar-refractivity contribution in [2.75, 3.05) is 57.2 Å². The minimum atomic E-state index is -0.0499. The van der Waals surface area contributed by atoms with Gasteiger partial charge in [0, 0.05) is 18.8 Å². The van der Waals surface area contributed by atoms with E-state index in [1.165, 1.54) is 19.3 Å². The lowest BCUT2D eigenvalue weighted by atomic mass is 10.1. The predicted molar refractivity (Wildman–Crippen MR) is 111 cm³/mol. The van der Waals surface area contributed by atoms with Gasteiger partial charge in [-0.05, 0) is 50.2 Å². The first-order valence-electron chi connectivity index (χ1n) is 9.81. The second-order valence-corrected chi connectivity index (χ2v) is 8.26. The smallest absolute Gasteiger partial charge is 0.322 e. The molecule has 2 fully saturated rings. The Morgan fingerprint density at radius 2 is 1.96 bits per heavy atom. The van der Waals surface area contributed by atoms with Crippen molar-refractivity contribution >= 4 is 23.5 Å². The van der Waals surface area contributed by atoms with E-state index in [9.17, 15) is 4.79 Å². The van der Waals surface area contributed by atoms with E-state index < -0.39 is 0 Å². The lowest BCUT2D eigenvalue weighted by Gasteiger charge is -2.35. The minimum absolute atomic E-state index is 0.0499. The number of carbonyl (C=O) groups is 1. The van der Waals surface area contributed by atoms with Gasteiger partial charge in [-0.15, -0.1) is 0 Å². The molecule has 0 radical (unpaired) electrons. The fraction of sp³-hybridized carbons (Fsp3) is 0.650. The fourth-order valence-electron chi connectivity index (χ4n) is 3.86. The van der Waals surface area contributed by atoms with Gasteiger partial charge < -0.3 is 24.6 Å². The van der Waals surface area contributed by atoms with Crippen LogP contribution in [0.4, 0.5) is 10.5 Å². The second-order valence-electron chi connectivity index (χ2n) is 7.11. The van der Waals surface area contributed by atoms with Crippen molar-refractivity contribution in [3.8, 4) is 11.5 Å². The molecule has 27 heavy (non-hydrogen) atoms. The van der Waals surface area contributed by atoms with Crippen LogP contribution in [-0.4, -0.2) is 73.8 Å². The standard InChI is InChI=1S/C20H31N3O3S/c1-25-18-9-6-8-17(19(18)26-2)21-20(24)23-12-7-13-27-15-16(23)14-22-10-4-3-5-11-22/h6,8-9,16H,3-5,7,10-15H2,1-2H3,(H,21,24)/t16-/m0/s1. The Morgan fingerprint density at radius 1 is 1.15 bits per heavy atom. The van der Waals surface area contributed by atoms with Gasteiger partial charge in [0.1, 0.15) is 0 Å². The highest BCUT2D eigenvalue weighted by Crippen LogP contribution is 2.35. The zero-order valence-corrected chi connectivity index (χ0v) is 17.2. The Hall–Kier alpha value is -1.60.